The van der Waals surface area contributed by atoms with Crippen molar-refractivity contribution in [1.29, 1.82) is 5.41 Å². The van der Waals surface area contributed by atoms with Crippen LogP contribution in [0.5, 0.6) is 0 Å². The minimum Gasteiger partial charge on any atom is -0.387 e. The second kappa shape index (κ2) is 8.15. The molecule has 0 saturated carbocycles. The van der Waals surface area contributed by atoms with Crippen LogP contribution in [0.25, 0.3) is 0 Å². The molecule has 3 N–H and O–H groups in total. The Hall–Kier alpha value is -3.65. The van der Waals surface area contributed by atoms with E-state index < -0.39 is 5.41 Å². The fourth-order valence-electron chi connectivity index (χ4n) is 4.41. The van der Waals surface area contributed by atoms with Gasteiger partial charge in [0.2, 0.25) is 0 Å². The topological polar surface area (TPSA) is 49.9 Å². The van der Waals surface area contributed by atoms with Gasteiger partial charge in [0, 0.05) is 0 Å². The molecule has 29 heavy (non-hydrogen) atoms. The molecule has 0 radical (unpaired) electrons. The van der Waals surface area contributed by atoms with Gasteiger partial charge in [0.25, 0.3) is 0 Å². The molecule has 142 valence electrons. The maximum atomic E-state index is 8.67. The van der Waals surface area contributed by atoms with Gasteiger partial charge in [-0.15, -0.1) is 0 Å². The molecule has 4 rings (SSSR count). The number of amidine groups is 1. The van der Waals surface area contributed by atoms with E-state index in [9.17, 15) is 0 Å². The molecule has 1 unspecified atom stereocenters. The Bertz CT molecular complexity index is 962. The van der Waals surface area contributed by atoms with E-state index in [1.807, 2.05) is 36.4 Å². The van der Waals surface area contributed by atoms with Crippen molar-refractivity contribution in [3.05, 3.63) is 144 Å². The van der Waals surface area contributed by atoms with Gasteiger partial charge in [0.05, 0.1) is 17.2 Å². The van der Waals surface area contributed by atoms with Gasteiger partial charge in [-0.05, 0) is 22.3 Å². The number of hydrogen-bond acceptors (Lipinski definition) is 1. The monoisotopic (exact) mass is 376 g/mol. The van der Waals surface area contributed by atoms with Crippen LogP contribution in [0.1, 0.15) is 28.2 Å². The molecule has 4 aromatic carbocycles. The van der Waals surface area contributed by atoms with Gasteiger partial charge < -0.3 is 5.73 Å². The Labute approximate surface area is 172 Å². The first kappa shape index (κ1) is 18.7. The van der Waals surface area contributed by atoms with Gasteiger partial charge in [0.1, 0.15) is 0 Å². The maximum absolute atomic E-state index is 8.67. The molecular weight excluding hydrogens is 352 g/mol. The highest BCUT2D eigenvalue weighted by molar-refractivity contribution is 5.89. The fraction of sp³-hybridized carbons (Fsp3) is 0.0741. The van der Waals surface area contributed by atoms with Gasteiger partial charge >= 0.3 is 0 Å². The van der Waals surface area contributed by atoms with E-state index in [0.29, 0.717) is 0 Å². The predicted molar refractivity (Wildman–Crippen MR) is 120 cm³/mol. The van der Waals surface area contributed by atoms with Crippen molar-refractivity contribution >= 4 is 5.84 Å². The smallest absolute Gasteiger partial charge is 0.0998 e. The van der Waals surface area contributed by atoms with Crippen LogP contribution in [0.3, 0.4) is 0 Å². The van der Waals surface area contributed by atoms with Gasteiger partial charge in [-0.2, -0.15) is 0 Å². The Kier molecular flexibility index (Phi) is 5.26. The average Bonchev–Trinajstić information content (AvgIpc) is 2.79. The number of benzene rings is 4. The quantitative estimate of drug-likeness (QED) is 0.252. The van der Waals surface area contributed by atoms with Gasteiger partial charge in [0.15, 0.2) is 0 Å². The van der Waals surface area contributed by atoms with Crippen LogP contribution in [-0.2, 0) is 5.41 Å². The molecule has 0 aliphatic carbocycles. The van der Waals surface area contributed by atoms with E-state index in [1.165, 1.54) is 0 Å². The number of rotatable bonds is 6. The molecule has 0 aliphatic heterocycles. The van der Waals surface area contributed by atoms with Crippen molar-refractivity contribution in [3.8, 4) is 0 Å². The lowest BCUT2D eigenvalue weighted by atomic mass is 9.59. The van der Waals surface area contributed by atoms with Crippen LogP contribution in [-0.4, -0.2) is 5.84 Å². The summed E-state index contributed by atoms with van der Waals surface area (Å²) in [4.78, 5) is 0. The summed E-state index contributed by atoms with van der Waals surface area (Å²) >= 11 is 0. The zero-order chi connectivity index (χ0) is 20.1. The van der Waals surface area contributed by atoms with Crippen molar-refractivity contribution in [2.24, 2.45) is 5.73 Å². The fourth-order valence-corrected chi connectivity index (χ4v) is 4.41. The summed E-state index contributed by atoms with van der Waals surface area (Å²) in [5, 5.41) is 8.67. The first-order valence-electron chi connectivity index (χ1n) is 9.80. The second-order valence-electron chi connectivity index (χ2n) is 7.21. The maximum Gasteiger partial charge on any atom is 0.0998 e. The molecule has 0 aliphatic rings. The summed E-state index contributed by atoms with van der Waals surface area (Å²) in [5.41, 5.74) is 10.1. The minimum atomic E-state index is -0.628. The highest BCUT2D eigenvalue weighted by atomic mass is 14.7. The van der Waals surface area contributed by atoms with Crippen molar-refractivity contribution < 1.29 is 0 Å². The van der Waals surface area contributed by atoms with Crippen LogP contribution < -0.4 is 5.73 Å². The molecule has 0 spiro atoms. The van der Waals surface area contributed by atoms with E-state index in [1.54, 1.807) is 0 Å². The first-order valence-corrected chi connectivity index (χ1v) is 9.80. The highest BCUT2D eigenvalue weighted by Crippen LogP contribution is 2.49. The Balaban J connectivity index is 2.14. The van der Waals surface area contributed by atoms with E-state index >= 15 is 0 Å². The van der Waals surface area contributed by atoms with Crippen molar-refractivity contribution in [1.82, 2.24) is 0 Å². The number of nitrogens with two attached hydrogens (primary N) is 1. The molecule has 2 nitrogen and oxygen atoms in total. The van der Waals surface area contributed by atoms with E-state index in [0.717, 1.165) is 22.3 Å². The third-order valence-electron chi connectivity index (χ3n) is 5.56. The SMILES string of the molecule is N=C(N)C(c1ccccc1)C(c1ccccc1)(c1ccccc1)c1ccccc1. The molecule has 0 bridgehead atoms. The Morgan fingerprint density at radius 1 is 0.552 bits per heavy atom. The third-order valence-corrected chi connectivity index (χ3v) is 5.56. The zero-order valence-corrected chi connectivity index (χ0v) is 16.2. The Morgan fingerprint density at radius 2 is 0.862 bits per heavy atom. The summed E-state index contributed by atoms with van der Waals surface area (Å²) in [5.74, 6) is -0.205. The molecule has 0 saturated heterocycles. The molecule has 0 fully saturated rings. The summed E-state index contributed by atoms with van der Waals surface area (Å²) in [6.07, 6.45) is 0. The molecular formula is C27H24N2. The second-order valence-corrected chi connectivity index (χ2v) is 7.21. The van der Waals surface area contributed by atoms with Crippen molar-refractivity contribution in [3.63, 3.8) is 0 Å². The van der Waals surface area contributed by atoms with Crippen LogP contribution >= 0.6 is 0 Å². The highest BCUT2D eigenvalue weighted by Gasteiger charge is 2.46. The largest absolute Gasteiger partial charge is 0.387 e. The zero-order valence-electron chi connectivity index (χ0n) is 16.2. The van der Waals surface area contributed by atoms with Crippen LogP contribution in [0, 0.1) is 5.41 Å². The lowest BCUT2D eigenvalue weighted by Gasteiger charge is -2.42. The molecule has 2 heteroatoms. The molecule has 0 heterocycles. The lowest BCUT2D eigenvalue weighted by molar-refractivity contribution is 0.568. The number of nitrogens with one attached hydrogen (secondary N) is 1. The predicted octanol–water partition coefficient (Wildman–Crippen LogP) is 5.74. The molecule has 0 aromatic heterocycles. The van der Waals surface area contributed by atoms with Gasteiger partial charge in [-0.25, -0.2) is 0 Å². The summed E-state index contributed by atoms with van der Waals surface area (Å²) in [6, 6.07) is 41.4. The average molecular weight is 377 g/mol. The minimum absolute atomic E-state index is 0.146. The molecule has 4 aromatic rings. The standard InChI is InChI=1S/C27H24N2/c28-26(29)25(21-13-5-1-6-14-21)27(22-15-7-2-8-16-22,23-17-9-3-10-18-23)24-19-11-4-12-20-24/h1-20,25H,(H3,28,29). The van der Waals surface area contributed by atoms with Crippen molar-refractivity contribution in [2.75, 3.05) is 0 Å². The van der Waals surface area contributed by atoms with Crippen molar-refractivity contribution in [2.45, 2.75) is 11.3 Å². The summed E-state index contributed by atoms with van der Waals surface area (Å²) < 4.78 is 0. The first-order chi connectivity index (χ1) is 14.2. The van der Waals surface area contributed by atoms with E-state index in [-0.39, 0.29) is 11.8 Å². The van der Waals surface area contributed by atoms with E-state index in [2.05, 4.69) is 84.9 Å². The summed E-state index contributed by atoms with van der Waals surface area (Å²) in [7, 11) is 0. The number of hydrogen-bond donors (Lipinski definition) is 2. The van der Waals surface area contributed by atoms with Crippen LogP contribution in [0.2, 0.25) is 0 Å². The molecule has 0 amide bonds. The Morgan fingerprint density at radius 3 is 1.17 bits per heavy atom. The molecule has 1 atom stereocenters. The van der Waals surface area contributed by atoms with Crippen LogP contribution in [0.15, 0.2) is 121 Å². The lowest BCUT2D eigenvalue weighted by Crippen LogP contribution is -2.43. The van der Waals surface area contributed by atoms with E-state index in [4.69, 9.17) is 11.1 Å². The summed E-state index contributed by atoms with van der Waals surface area (Å²) in [6.45, 7) is 0. The third kappa shape index (κ3) is 3.34. The van der Waals surface area contributed by atoms with Crippen LogP contribution in [0.4, 0.5) is 0 Å². The van der Waals surface area contributed by atoms with Gasteiger partial charge in [-0.1, -0.05) is 121 Å². The van der Waals surface area contributed by atoms with Gasteiger partial charge in [-0.3, -0.25) is 5.41 Å². The normalized spacial score (nSPS) is 12.3.